The number of nitrogens with two attached hydrogens (primary N) is 1. The zero-order valence-corrected chi connectivity index (χ0v) is 29.9. The smallest absolute Gasteiger partial charge is 0.303 e. The molecule has 1 heterocycles. The number of Topliss-reactive ketones (excluding diaryl/α,β-unsaturated/α-hetero) is 1. The standard InChI is InChI=1S/C37H46ClN5O9/c1-23(44)40-18-7-10-27(35(39)50)21-31(45)29(20-24-12-14-26(15-13-24)34(49)25-8-3-2-4-9-25)42-36(51)30-11-5-6-19-43(30)37(52)28(16-17-33(47)48)41-32(46)22-38/h2-4,8-9,12-15,27-30H,5-7,10-11,16-22H2,1H3,(H2,39,50)(H,40,44)(H,41,46)(H,42,51)(H,47,48)/t27-,28+,29+,30+/m1/s1. The van der Waals surface area contributed by atoms with Crippen molar-refractivity contribution in [2.45, 2.75) is 82.8 Å². The Morgan fingerprint density at radius 2 is 1.58 bits per heavy atom. The van der Waals surface area contributed by atoms with E-state index in [1.165, 1.54) is 11.8 Å². The van der Waals surface area contributed by atoms with Crippen molar-refractivity contribution < 1.29 is 43.5 Å². The number of carboxylic acid groups (broad SMARTS) is 1. The number of aliphatic carboxylic acids is 1. The van der Waals surface area contributed by atoms with Gasteiger partial charge in [-0.3, -0.25) is 38.4 Å². The first-order chi connectivity index (χ1) is 24.8. The molecule has 3 rings (SSSR count). The zero-order chi connectivity index (χ0) is 38.2. The van der Waals surface area contributed by atoms with Crippen molar-refractivity contribution in [3.05, 3.63) is 71.3 Å². The number of alkyl halides is 1. The fourth-order valence-electron chi connectivity index (χ4n) is 6.07. The molecule has 5 amide bonds. The van der Waals surface area contributed by atoms with E-state index in [4.69, 9.17) is 17.3 Å². The highest BCUT2D eigenvalue weighted by Crippen LogP contribution is 2.22. The van der Waals surface area contributed by atoms with Crippen LogP contribution in [0, 0.1) is 5.92 Å². The minimum atomic E-state index is -1.24. The summed E-state index contributed by atoms with van der Waals surface area (Å²) in [7, 11) is 0. The molecule has 1 aliphatic heterocycles. The van der Waals surface area contributed by atoms with Crippen LogP contribution in [0.1, 0.15) is 79.8 Å². The molecule has 2 aromatic rings. The van der Waals surface area contributed by atoms with Gasteiger partial charge in [0.25, 0.3) is 0 Å². The Labute approximate surface area is 307 Å². The molecule has 1 aliphatic rings. The van der Waals surface area contributed by atoms with E-state index in [0.29, 0.717) is 36.0 Å². The highest BCUT2D eigenvalue weighted by molar-refractivity contribution is 6.27. The van der Waals surface area contributed by atoms with Gasteiger partial charge in [-0.25, -0.2) is 0 Å². The number of carbonyl (C=O) groups is 8. The first-order valence-corrected chi connectivity index (χ1v) is 17.8. The fourth-order valence-corrected chi connectivity index (χ4v) is 6.14. The Bertz CT molecular complexity index is 1600. The lowest BCUT2D eigenvalue weighted by Crippen LogP contribution is -2.59. The van der Waals surface area contributed by atoms with Crippen LogP contribution in [-0.4, -0.2) is 94.2 Å². The van der Waals surface area contributed by atoms with Crippen molar-refractivity contribution in [2.75, 3.05) is 19.0 Å². The fraction of sp³-hybridized carbons (Fsp3) is 0.459. The molecule has 2 aromatic carbocycles. The molecule has 6 N–H and O–H groups in total. The van der Waals surface area contributed by atoms with Crippen LogP contribution >= 0.6 is 11.6 Å². The molecule has 0 spiro atoms. The van der Waals surface area contributed by atoms with Crippen LogP contribution in [0.4, 0.5) is 0 Å². The number of ketones is 2. The number of benzene rings is 2. The molecule has 280 valence electrons. The Kier molecular flexibility index (Phi) is 16.4. The maximum Gasteiger partial charge on any atom is 0.303 e. The molecule has 0 saturated carbocycles. The summed E-state index contributed by atoms with van der Waals surface area (Å²) in [5, 5.41) is 17.1. The normalized spacial score (nSPS) is 15.7. The SMILES string of the molecule is CC(=O)NCCC[C@H](CC(=O)[C@H](Cc1ccc(C(=O)c2ccccc2)cc1)NC(=O)[C@@H]1CCCCN1C(=O)[C@H](CCC(=O)O)NC(=O)CCl)C(N)=O. The highest BCUT2D eigenvalue weighted by atomic mass is 35.5. The molecule has 0 radical (unpaired) electrons. The van der Waals surface area contributed by atoms with Gasteiger partial charge in [0.05, 0.1) is 6.04 Å². The van der Waals surface area contributed by atoms with E-state index in [1.807, 2.05) is 0 Å². The summed E-state index contributed by atoms with van der Waals surface area (Å²) in [5.74, 6) is -6.08. The topological polar surface area (TPSA) is 222 Å². The van der Waals surface area contributed by atoms with Crippen molar-refractivity contribution in [2.24, 2.45) is 11.7 Å². The number of carbonyl (C=O) groups excluding carboxylic acids is 7. The Hall–Kier alpha value is -5.11. The lowest BCUT2D eigenvalue weighted by Gasteiger charge is -2.37. The summed E-state index contributed by atoms with van der Waals surface area (Å²) in [6, 6.07) is 11.9. The van der Waals surface area contributed by atoms with Gasteiger partial charge in [0, 0.05) is 49.9 Å². The monoisotopic (exact) mass is 739 g/mol. The number of likely N-dealkylation sites (tertiary alicyclic amines) is 1. The number of piperidine rings is 1. The van der Waals surface area contributed by atoms with Gasteiger partial charge in [0.1, 0.15) is 18.0 Å². The summed E-state index contributed by atoms with van der Waals surface area (Å²) >= 11 is 5.63. The summed E-state index contributed by atoms with van der Waals surface area (Å²) in [5.41, 5.74) is 7.18. The molecule has 15 heteroatoms. The average molecular weight is 740 g/mol. The van der Waals surface area contributed by atoms with Crippen LogP contribution in [0.25, 0.3) is 0 Å². The predicted octanol–water partition coefficient (Wildman–Crippen LogP) is 1.89. The zero-order valence-electron chi connectivity index (χ0n) is 29.1. The van der Waals surface area contributed by atoms with E-state index in [1.54, 1.807) is 54.6 Å². The molecular formula is C37H46ClN5O9. The summed E-state index contributed by atoms with van der Waals surface area (Å²) in [6.45, 7) is 1.80. The van der Waals surface area contributed by atoms with Gasteiger partial charge >= 0.3 is 5.97 Å². The first kappa shape index (κ1) is 41.3. The van der Waals surface area contributed by atoms with E-state index >= 15 is 0 Å². The lowest BCUT2D eigenvalue weighted by molar-refractivity contribution is -0.146. The molecular weight excluding hydrogens is 694 g/mol. The minimum absolute atomic E-state index is 0.00453. The number of primary amides is 1. The van der Waals surface area contributed by atoms with Gasteiger partial charge in [-0.2, -0.15) is 0 Å². The van der Waals surface area contributed by atoms with Crippen LogP contribution in [0.15, 0.2) is 54.6 Å². The average Bonchev–Trinajstić information content (AvgIpc) is 3.13. The molecule has 0 aliphatic carbocycles. The van der Waals surface area contributed by atoms with Crippen LogP contribution in [-0.2, 0) is 40.0 Å². The number of nitrogens with zero attached hydrogens (tertiary/aromatic N) is 1. The van der Waals surface area contributed by atoms with Gasteiger partial charge < -0.3 is 31.7 Å². The number of nitrogens with one attached hydrogen (secondary N) is 3. The van der Waals surface area contributed by atoms with Gasteiger partial charge in [-0.15, -0.1) is 11.6 Å². The molecule has 0 unspecified atom stereocenters. The van der Waals surface area contributed by atoms with E-state index < -0.39 is 71.7 Å². The molecule has 1 fully saturated rings. The minimum Gasteiger partial charge on any atom is -0.481 e. The molecule has 0 aromatic heterocycles. The maximum atomic E-state index is 13.9. The quantitative estimate of drug-likeness (QED) is 0.0759. The largest absolute Gasteiger partial charge is 0.481 e. The highest BCUT2D eigenvalue weighted by Gasteiger charge is 2.38. The summed E-state index contributed by atoms with van der Waals surface area (Å²) in [6.07, 6.45) is 1.06. The number of hydrogen-bond donors (Lipinski definition) is 5. The van der Waals surface area contributed by atoms with E-state index in [9.17, 15) is 43.5 Å². The maximum absolute atomic E-state index is 13.9. The number of amides is 5. The van der Waals surface area contributed by atoms with Crippen molar-refractivity contribution in [1.29, 1.82) is 0 Å². The molecule has 0 bridgehead atoms. The van der Waals surface area contributed by atoms with Gasteiger partial charge in [-0.05, 0) is 50.5 Å². The summed E-state index contributed by atoms with van der Waals surface area (Å²) < 4.78 is 0. The third-order valence-electron chi connectivity index (χ3n) is 8.84. The van der Waals surface area contributed by atoms with E-state index in [-0.39, 0.29) is 56.9 Å². The second-order valence-corrected chi connectivity index (χ2v) is 13.0. The van der Waals surface area contributed by atoms with Crippen LogP contribution < -0.4 is 21.7 Å². The molecule has 14 nitrogen and oxygen atoms in total. The molecule has 52 heavy (non-hydrogen) atoms. The van der Waals surface area contributed by atoms with Crippen molar-refractivity contribution in [3.8, 4) is 0 Å². The van der Waals surface area contributed by atoms with E-state index in [0.717, 1.165) is 0 Å². The van der Waals surface area contributed by atoms with Gasteiger partial charge in [0.15, 0.2) is 11.6 Å². The second kappa shape index (κ2) is 20.7. The van der Waals surface area contributed by atoms with E-state index in [2.05, 4.69) is 16.0 Å². The molecule has 1 saturated heterocycles. The van der Waals surface area contributed by atoms with Crippen molar-refractivity contribution in [3.63, 3.8) is 0 Å². The van der Waals surface area contributed by atoms with Crippen LogP contribution in [0.5, 0.6) is 0 Å². The second-order valence-electron chi connectivity index (χ2n) is 12.8. The number of carboxylic acids is 1. The lowest BCUT2D eigenvalue weighted by atomic mass is 9.90. The number of hydrogen-bond acceptors (Lipinski definition) is 8. The third-order valence-corrected chi connectivity index (χ3v) is 9.08. The number of halogens is 1. The Morgan fingerprint density at radius 3 is 2.19 bits per heavy atom. The first-order valence-electron chi connectivity index (χ1n) is 17.2. The van der Waals surface area contributed by atoms with Gasteiger partial charge in [-0.1, -0.05) is 54.6 Å². The van der Waals surface area contributed by atoms with Gasteiger partial charge in [0.2, 0.25) is 29.5 Å². The summed E-state index contributed by atoms with van der Waals surface area (Å²) in [4.78, 5) is 103. The number of rotatable bonds is 20. The third kappa shape index (κ3) is 12.9. The van der Waals surface area contributed by atoms with Crippen molar-refractivity contribution in [1.82, 2.24) is 20.9 Å². The molecule has 4 atom stereocenters. The Morgan fingerprint density at radius 1 is 0.904 bits per heavy atom. The Balaban J connectivity index is 1.86. The van der Waals surface area contributed by atoms with Crippen molar-refractivity contribution >= 4 is 58.7 Å². The predicted molar refractivity (Wildman–Crippen MR) is 191 cm³/mol. The van der Waals surface area contributed by atoms with Crippen LogP contribution in [0.3, 0.4) is 0 Å². The van der Waals surface area contributed by atoms with Crippen LogP contribution in [0.2, 0.25) is 0 Å².